The summed E-state index contributed by atoms with van der Waals surface area (Å²) in [5.74, 6) is -0.941. The van der Waals surface area contributed by atoms with Crippen LogP contribution in [0.3, 0.4) is 0 Å². The highest BCUT2D eigenvalue weighted by Gasteiger charge is 2.27. The van der Waals surface area contributed by atoms with Gasteiger partial charge in [0.2, 0.25) is 0 Å². The molecule has 1 aromatic carbocycles. The van der Waals surface area contributed by atoms with Crippen LogP contribution in [0, 0.1) is 0 Å². The van der Waals surface area contributed by atoms with Crippen LogP contribution in [0.5, 0.6) is 0 Å². The molecule has 0 aromatic heterocycles. The Balaban J connectivity index is 2.17. The summed E-state index contributed by atoms with van der Waals surface area (Å²) in [5, 5.41) is 8.70. The van der Waals surface area contributed by atoms with E-state index >= 15 is 0 Å². The molecule has 4 heteroatoms. The second-order valence-corrected chi connectivity index (χ2v) is 5.90. The molecule has 0 fully saturated rings. The molecule has 0 unspecified atom stereocenters. The Kier molecular flexibility index (Phi) is 4.94. The molecule has 0 amide bonds. The van der Waals surface area contributed by atoms with E-state index in [2.05, 4.69) is 0 Å². The van der Waals surface area contributed by atoms with E-state index in [1.54, 1.807) is 20.8 Å². The Bertz CT molecular complexity index is 733. The summed E-state index contributed by atoms with van der Waals surface area (Å²) in [4.78, 5) is 35.2. The van der Waals surface area contributed by atoms with Gasteiger partial charge in [0.05, 0.1) is 0 Å². The monoisotopic (exact) mass is 312 g/mol. The highest BCUT2D eigenvalue weighted by molar-refractivity contribution is 6.24. The Morgan fingerprint density at radius 3 is 1.96 bits per heavy atom. The Hall–Kier alpha value is -2.49. The fraction of sp³-hybridized carbons (Fsp3) is 0.316. The van der Waals surface area contributed by atoms with Crippen LogP contribution < -0.4 is 0 Å². The molecule has 0 atom stereocenters. The number of carboxylic acids is 1. The van der Waals surface area contributed by atoms with Gasteiger partial charge in [-0.3, -0.25) is 14.4 Å². The smallest absolute Gasteiger partial charge is 0.303 e. The second kappa shape index (κ2) is 6.73. The average Bonchev–Trinajstić information content (AvgIpc) is 2.54. The van der Waals surface area contributed by atoms with Crippen molar-refractivity contribution < 1.29 is 19.5 Å². The molecule has 4 nitrogen and oxygen atoms in total. The lowest BCUT2D eigenvalue weighted by Crippen LogP contribution is -2.21. The summed E-state index contributed by atoms with van der Waals surface area (Å²) in [5.41, 5.74) is 4.00. The molecule has 1 aromatic rings. The summed E-state index contributed by atoms with van der Waals surface area (Å²) in [6.45, 7) is 5.08. The van der Waals surface area contributed by atoms with Gasteiger partial charge >= 0.3 is 5.97 Å². The summed E-state index contributed by atoms with van der Waals surface area (Å²) < 4.78 is 0. The number of aliphatic carboxylic acids is 1. The van der Waals surface area contributed by atoms with Crippen molar-refractivity contribution in [1.82, 2.24) is 0 Å². The fourth-order valence-electron chi connectivity index (χ4n) is 2.65. The number of hydrogen-bond acceptors (Lipinski definition) is 3. The van der Waals surface area contributed by atoms with Crippen LogP contribution in [0.15, 0.2) is 46.6 Å². The van der Waals surface area contributed by atoms with E-state index in [-0.39, 0.29) is 18.0 Å². The molecule has 1 N–H and O–H groups in total. The van der Waals surface area contributed by atoms with Crippen LogP contribution in [-0.4, -0.2) is 22.6 Å². The quantitative estimate of drug-likeness (QED) is 0.848. The van der Waals surface area contributed by atoms with Gasteiger partial charge in [-0.15, -0.1) is 0 Å². The molecule has 0 radical (unpaired) electrons. The van der Waals surface area contributed by atoms with Crippen LogP contribution in [-0.2, 0) is 27.2 Å². The van der Waals surface area contributed by atoms with Gasteiger partial charge in [0.15, 0.2) is 11.6 Å². The Morgan fingerprint density at radius 2 is 1.39 bits per heavy atom. The first-order valence-electron chi connectivity index (χ1n) is 7.57. The van der Waals surface area contributed by atoms with Crippen LogP contribution in [0.1, 0.15) is 38.3 Å². The standard InChI is InChI=1S/C19H20O4/c1-11-12(2)19(23)16(13(3)18(11)22)10-15-6-4-14(5-7-15)8-9-17(20)21/h4-7H,8-10H2,1-3H3,(H,20,21). The third kappa shape index (κ3) is 3.65. The molecule has 0 saturated carbocycles. The number of allylic oxidation sites excluding steroid dienone is 4. The maximum absolute atomic E-state index is 12.4. The van der Waals surface area contributed by atoms with Crippen molar-refractivity contribution in [3.05, 3.63) is 57.7 Å². The van der Waals surface area contributed by atoms with Crippen molar-refractivity contribution in [2.75, 3.05) is 0 Å². The van der Waals surface area contributed by atoms with Gasteiger partial charge < -0.3 is 5.11 Å². The van der Waals surface area contributed by atoms with Crippen molar-refractivity contribution in [2.45, 2.75) is 40.0 Å². The number of ketones is 2. The summed E-state index contributed by atoms with van der Waals surface area (Å²) in [7, 11) is 0. The number of carbonyl (C=O) groups is 3. The van der Waals surface area contributed by atoms with Crippen molar-refractivity contribution in [3.8, 4) is 0 Å². The largest absolute Gasteiger partial charge is 0.481 e. The minimum absolute atomic E-state index is 0.0600. The summed E-state index contributed by atoms with van der Waals surface area (Å²) >= 11 is 0. The normalized spacial score (nSPS) is 15.4. The molecule has 23 heavy (non-hydrogen) atoms. The molecular weight excluding hydrogens is 292 g/mol. The lowest BCUT2D eigenvalue weighted by Gasteiger charge is -2.18. The first kappa shape index (κ1) is 16.9. The highest BCUT2D eigenvalue weighted by atomic mass is 16.4. The van der Waals surface area contributed by atoms with Gasteiger partial charge in [-0.25, -0.2) is 0 Å². The first-order valence-corrected chi connectivity index (χ1v) is 7.57. The zero-order valence-corrected chi connectivity index (χ0v) is 13.6. The number of rotatable bonds is 5. The lowest BCUT2D eigenvalue weighted by atomic mass is 9.83. The van der Waals surface area contributed by atoms with Gasteiger partial charge in [0.1, 0.15) is 0 Å². The van der Waals surface area contributed by atoms with E-state index in [1.807, 2.05) is 24.3 Å². The van der Waals surface area contributed by atoms with Gasteiger partial charge in [0, 0.05) is 35.1 Å². The van der Waals surface area contributed by atoms with Crippen LogP contribution in [0.25, 0.3) is 0 Å². The van der Waals surface area contributed by atoms with Crippen molar-refractivity contribution in [3.63, 3.8) is 0 Å². The van der Waals surface area contributed by atoms with Crippen LogP contribution >= 0.6 is 0 Å². The van der Waals surface area contributed by atoms with E-state index < -0.39 is 5.97 Å². The van der Waals surface area contributed by atoms with Gasteiger partial charge in [-0.2, -0.15) is 0 Å². The number of aryl methyl sites for hydroxylation is 1. The minimum Gasteiger partial charge on any atom is -0.481 e. The van der Waals surface area contributed by atoms with Crippen LogP contribution in [0.2, 0.25) is 0 Å². The molecule has 0 saturated heterocycles. The molecule has 0 bridgehead atoms. The SMILES string of the molecule is CC1=C(C)C(=O)C(Cc2ccc(CCC(=O)O)cc2)=C(C)C1=O. The van der Waals surface area contributed by atoms with Crippen molar-refractivity contribution >= 4 is 17.5 Å². The van der Waals surface area contributed by atoms with E-state index in [4.69, 9.17) is 5.11 Å². The molecule has 1 aliphatic carbocycles. The van der Waals surface area contributed by atoms with Gasteiger partial charge in [-0.05, 0) is 38.3 Å². The summed E-state index contributed by atoms with van der Waals surface area (Å²) in [6.07, 6.45) is 0.996. The first-order chi connectivity index (χ1) is 10.8. The van der Waals surface area contributed by atoms with Crippen molar-refractivity contribution in [1.29, 1.82) is 0 Å². The highest BCUT2D eigenvalue weighted by Crippen LogP contribution is 2.26. The van der Waals surface area contributed by atoms with Gasteiger partial charge in [-0.1, -0.05) is 24.3 Å². The fourth-order valence-corrected chi connectivity index (χ4v) is 2.65. The number of carbonyl (C=O) groups excluding carboxylic acids is 2. The Morgan fingerprint density at radius 1 is 0.870 bits per heavy atom. The molecule has 0 heterocycles. The lowest BCUT2D eigenvalue weighted by molar-refractivity contribution is -0.137. The molecular formula is C19H20O4. The van der Waals surface area contributed by atoms with Gasteiger partial charge in [0.25, 0.3) is 0 Å². The second-order valence-electron chi connectivity index (χ2n) is 5.90. The topological polar surface area (TPSA) is 71.4 Å². The molecule has 120 valence electrons. The predicted molar refractivity (Wildman–Crippen MR) is 87.2 cm³/mol. The van der Waals surface area contributed by atoms with Crippen molar-refractivity contribution in [2.24, 2.45) is 0 Å². The maximum atomic E-state index is 12.4. The molecule has 0 aliphatic heterocycles. The number of carboxylic acid groups (broad SMARTS) is 1. The third-order valence-electron chi connectivity index (χ3n) is 4.34. The molecule has 2 rings (SSSR count). The zero-order chi connectivity index (χ0) is 17.1. The zero-order valence-electron chi connectivity index (χ0n) is 13.6. The average molecular weight is 312 g/mol. The number of benzene rings is 1. The maximum Gasteiger partial charge on any atom is 0.303 e. The number of Topliss-reactive ketones (excluding diaryl/α,β-unsaturated/α-hetero) is 2. The van der Waals surface area contributed by atoms with E-state index in [0.29, 0.717) is 35.1 Å². The summed E-state index contributed by atoms with van der Waals surface area (Å²) in [6, 6.07) is 7.51. The molecule has 1 aliphatic rings. The minimum atomic E-state index is -0.821. The van der Waals surface area contributed by atoms with E-state index in [0.717, 1.165) is 11.1 Å². The number of hydrogen-bond donors (Lipinski definition) is 1. The third-order valence-corrected chi connectivity index (χ3v) is 4.34. The Labute approximate surface area is 135 Å². The van der Waals surface area contributed by atoms with E-state index in [1.165, 1.54) is 0 Å². The van der Waals surface area contributed by atoms with E-state index in [9.17, 15) is 14.4 Å². The van der Waals surface area contributed by atoms with Crippen LogP contribution in [0.4, 0.5) is 0 Å². The molecule has 0 spiro atoms. The predicted octanol–water partition coefficient (Wildman–Crippen LogP) is 3.05.